The molecule has 2 aromatic heterocycles. The topological polar surface area (TPSA) is 38.6 Å². The lowest BCUT2D eigenvalue weighted by Gasteiger charge is -2.09. The summed E-state index contributed by atoms with van der Waals surface area (Å²) in [7, 11) is 1.72. The predicted molar refractivity (Wildman–Crippen MR) is 80.8 cm³/mol. The summed E-state index contributed by atoms with van der Waals surface area (Å²) in [5.74, 6) is 0. The number of thiazole rings is 1. The molecular formula is C15H17N3OS. The van der Waals surface area contributed by atoms with Crippen molar-refractivity contribution in [3.8, 4) is 0 Å². The van der Waals surface area contributed by atoms with Crippen LogP contribution < -0.4 is 5.32 Å². The quantitative estimate of drug-likeness (QED) is 0.757. The molecular weight excluding hydrogens is 270 g/mol. The predicted octanol–water partition coefficient (Wildman–Crippen LogP) is 2.83. The van der Waals surface area contributed by atoms with Gasteiger partial charge in [-0.2, -0.15) is 0 Å². The monoisotopic (exact) mass is 287 g/mol. The molecule has 20 heavy (non-hydrogen) atoms. The molecule has 0 atom stereocenters. The highest BCUT2D eigenvalue weighted by molar-refractivity contribution is 7.15. The summed E-state index contributed by atoms with van der Waals surface area (Å²) in [5, 5.41) is 5.48. The van der Waals surface area contributed by atoms with E-state index in [1.165, 1.54) is 11.1 Å². The van der Waals surface area contributed by atoms with E-state index in [4.69, 9.17) is 4.74 Å². The second-order valence-corrected chi connectivity index (χ2v) is 5.50. The first-order valence-electron chi connectivity index (χ1n) is 6.54. The van der Waals surface area contributed by atoms with Crippen LogP contribution in [0.1, 0.15) is 16.8 Å². The molecule has 0 amide bonds. The summed E-state index contributed by atoms with van der Waals surface area (Å²) in [6.07, 6.45) is 4.10. The van der Waals surface area contributed by atoms with Crippen LogP contribution in [0.4, 0.5) is 0 Å². The highest BCUT2D eigenvalue weighted by Crippen LogP contribution is 2.12. The normalized spacial score (nSPS) is 11.2. The van der Waals surface area contributed by atoms with Gasteiger partial charge < -0.3 is 10.1 Å². The molecule has 3 rings (SSSR count). The van der Waals surface area contributed by atoms with Crippen molar-refractivity contribution in [1.29, 1.82) is 0 Å². The molecule has 0 saturated carbocycles. The van der Waals surface area contributed by atoms with Crippen molar-refractivity contribution < 1.29 is 4.74 Å². The van der Waals surface area contributed by atoms with Gasteiger partial charge in [-0.1, -0.05) is 24.3 Å². The van der Waals surface area contributed by atoms with E-state index in [2.05, 4.69) is 39.1 Å². The summed E-state index contributed by atoms with van der Waals surface area (Å²) in [6.45, 7) is 2.25. The molecule has 2 heterocycles. The van der Waals surface area contributed by atoms with E-state index in [-0.39, 0.29) is 0 Å². The number of ether oxygens (including phenoxy) is 1. The number of hydrogen-bond acceptors (Lipinski definition) is 4. The fraction of sp³-hybridized carbons (Fsp3) is 0.267. The highest BCUT2D eigenvalue weighted by atomic mass is 32.1. The van der Waals surface area contributed by atoms with Gasteiger partial charge >= 0.3 is 0 Å². The maximum Gasteiger partial charge on any atom is 0.193 e. The van der Waals surface area contributed by atoms with Crippen LogP contribution in [0, 0.1) is 0 Å². The number of aromatic nitrogens is 2. The average Bonchev–Trinajstić information content (AvgIpc) is 3.02. The van der Waals surface area contributed by atoms with Crippen molar-refractivity contribution in [3.63, 3.8) is 0 Å². The minimum atomic E-state index is 0.651. The van der Waals surface area contributed by atoms with Crippen LogP contribution >= 0.6 is 11.3 Å². The van der Waals surface area contributed by atoms with E-state index in [0.717, 1.165) is 23.7 Å². The minimum Gasteiger partial charge on any atom is -0.380 e. The van der Waals surface area contributed by atoms with Crippen LogP contribution in [0.5, 0.6) is 0 Å². The Kier molecular flexibility index (Phi) is 4.11. The largest absolute Gasteiger partial charge is 0.380 e. The summed E-state index contributed by atoms with van der Waals surface area (Å²) >= 11 is 1.65. The Labute approximate surface area is 122 Å². The smallest absolute Gasteiger partial charge is 0.193 e. The molecule has 0 bridgehead atoms. The van der Waals surface area contributed by atoms with Crippen LogP contribution in [0.25, 0.3) is 4.96 Å². The van der Waals surface area contributed by atoms with Gasteiger partial charge in [0.25, 0.3) is 0 Å². The van der Waals surface area contributed by atoms with E-state index in [1.807, 2.05) is 17.6 Å². The standard InChI is InChI=1S/C15H17N3OS/c1-19-11-13-5-3-2-4-12(13)8-16-9-14-10-18-6-7-20-15(18)17-14/h2-7,10,16H,8-9,11H2,1H3. The third-order valence-corrected chi connectivity index (χ3v) is 3.95. The molecule has 0 unspecified atom stereocenters. The Morgan fingerprint density at radius 1 is 1.25 bits per heavy atom. The van der Waals surface area contributed by atoms with Gasteiger partial charge in [-0.3, -0.25) is 4.40 Å². The summed E-state index contributed by atoms with van der Waals surface area (Å²) in [6, 6.07) is 8.34. The van der Waals surface area contributed by atoms with Gasteiger partial charge in [0, 0.05) is 38.0 Å². The highest BCUT2D eigenvalue weighted by Gasteiger charge is 2.04. The number of rotatable bonds is 6. The zero-order chi connectivity index (χ0) is 13.8. The molecule has 0 aliphatic carbocycles. The number of hydrogen-bond donors (Lipinski definition) is 1. The van der Waals surface area contributed by atoms with Crippen molar-refractivity contribution in [2.24, 2.45) is 0 Å². The van der Waals surface area contributed by atoms with Crippen LogP contribution in [0.2, 0.25) is 0 Å². The van der Waals surface area contributed by atoms with E-state index >= 15 is 0 Å². The van der Waals surface area contributed by atoms with Gasteiger partial charge in [-0.15, -0.1) is 11.3 Å². The maximum atomic E-state index is 5.22. The van der Waals surface area contributed by atoms with Crippen molar-refractivity contribution >= 4 is 16.3 Å². The van der Waals surface area contributed by atoms with E-state index in [1.54, 1.807) is 18.4 Å². The molecule has 0 fully saturated rings. The minimum absolute atomic E-state index is 0.651. The van der Waals surface area contributed by atoms with Crippen molar-refractivity contribution in [2.45, 2.75) is 19.7 Å². The van der Waals surface area contributed by atoms with Crippen LogP contribution in [-0.2, 0) is 24.4 Å². The first-order chi connectivity index (χ1) is 9.86. The van der Waals surface area contributed by atoms with E-state index in [9.17, 15) is 0 Å². The van der Waals surface area contributed by atoms with Crippen LogP contribution in [-0.4, -0.2) is 16.5 Å². The molecule has 4 nitrogen and oxygen atoms in total. The summed E-state index contributed by atoms with van der Waals surface area (Å²) in [5.41, 5.74) is 3.57. The molecule has 1 N–H and O–H groups in total. The number of nitrogens with zero attached hydrogens (tertiary/aromatic N) is 2. The zero-order valence-electron chi connectivity index (χ0n) is 11.4. The number of benzene rings is 1. The third-order valence-electron chi connectivity index (χ3n) is 3.18. The first-order valence-corrected chi connectivity index (χ1v) is 7.42. The van der Waals surface area contributed by atoms with Crippen molar-refractivity contribution in [3.05, 3.63) is 58.9 Å². The van der Waals surface area contributed by atoms with Crippen molar-refractivity contribution in [2.75, 3.05) is 7.11 Å². The second kappa shape index (κ2) is 6.17. The summed E-state index contributed by atoms with van der Waals surface area (Å²) < 4.78 is 7.28. The number of nitrogens with one attached hydrogen (secondary N) is 1. The SMILES string of the molecule is COCc1ccccc1CNCc1cn2ccsc2n1. The number of methoxy groups -OCH3 is 1. The van der Waals surface area contributed by atoms with Gasteiger partial charge in [0.15, 0.2) is 4.96 Å². The van der Waals surface area contributed by atoms with Gasteiger partial charge in [-0.05, 0) is 11.1 Å². The van der Waals surface area contributed by atoms with Crippen LogP contribution in [0.15, 0.2) is 42.0 Å². The molecule has 0 saturated heterocycles. The third kappa shape index (κ3) is 2.90. The molecule has 1 aromatic carbocycles. The lowest BCUT2D eigenvalue weighted by atomic mass is 10.1. The Hall–Kier alpha value is -1.69. The molecule has 5 heteroatoms. The molecule has 0 aliphatic rings. The Morgan fingerprint density at radius 2 is 2.10 bits per heavy atom. The van der Waals surface area contributed by atoms with E-state index < -0.39 is 0 Å². The fourth-order valence-corrected chi connectivity index (χ4v) is 2.93. The molecule has 0 spiro atoms. The van der Waals surface area contributed by atoms with Gasteiger partial charge in [0.1, 0.15) is 0 Å². The number of imidazole rings is 1. The zero-order valence-corrected chi connectivity index (χ0v) is 12.2. The van der Waals surface area contributed by atoms with Crippen LogP contribution in [0.3, 0.4) is 0 Å². The first kappa shape index (κ1) is 13.3. The molecule has 0 aliphatic heterocycles. The molecule has 0 radical (unpaired) electrons. The Bertz CT molecular complexity index is 661. The van der Waals surface area contributed by atoms with Gasteiger partial charge in [0.05, 0.1) is 12.3 Å². The van der Waals surface area contributed by atoms with Crippen molar-refractivity contribution in [1.82, 2.24) is 14.7 Å². The Morgan fingerprint density at radius 3 is 2.90 bits per heavy atom. The summed E-state index contributed by atoms with van der Waals surface area (Å²) in [4.78, 5) is 5.60. The average molecular weight is 287 g/mol. The van der Waals surface area contributed by atoms with Gasteiger partial charge in [0.2, 0.25) is 0 Å². The second-order valence-electron chi connectivity index (χ2n) is 4.63. The Balaban J connectivity index is 1.61. The lowest BCUT2D eigenvalue weighted by molar-refractivity contribution is 0.184. The maximum absolute atomic E-state index is 5.22. The molecule has 104 valence electrons. The lowest BCUT2D eigenvalue weighted by Crippen LogP contribution is -2.14. The van der Waals surface area contributed by atoms with E-state index in [0.29, 0.717) is 6.61 Å². The fourth-order valence-electron chi connectivity index (χ4n) is 2.21. The van der Waals surface area contributed by atoms with Gasteiger partial charge in [-0.25, -0.2) is 4.98 Å². The molecule has 3 aromatic rings. The number of fused-ring (bicyclic) bond motifs is 1.